The fourth-order valence-corrected chi connectivity index (χ4v) is 4.98. The number of halogens is 1. The minimum absolute atomic E-state index is 0. The van der Waals surface area contributed by atoms with E-state index in [4.69, 9.17) is 4.74 Å². The molecule has 0 aliphatic rings. The summed E-state index contributed by atoms with van der Waals surface area (Å²) in [6.07, 6.45) is 0.0967. The number of aryl methyl sites for hydroxylation is 1. The van der Waals surface area contributed by atoms with Gasteiger partial charge in [-0.2, -0.15) is 0 Å². The molecule has 1 aromatic carbocycles. The van der Waals surface area contributed by atoms with Crippen molar-refractivity contribution in [2.45, 2.75) is 44.2 Å². The molecule has 0 radical (unpaired) electrons. The van der Waals surface area contributed by atoms with Gasteiger partial charge in [0, 0.05) is 38.1 Å². The van der Waals surface area contributed by atoms with E-state index in [1.807, 2.05) is 39.0 Å². The predicted molar refractivity (Wildman–Crippen MR) is 135 cm³/mol. The number of rotatable bonds is 8. The average molecular weight is 567 g/mol. The number of thiophene rings is 1. The van der Waals surface area contributed by atoms with Gasteiger partial charge in [0.1, 0.15) is 9.96 Å². The van der Waals surface area contributed by atoms with Crippen molar-refractivity contribution in [3.05, 3.63) is 46.3 Å². The number of ether oxygens (including phenoxy) is 1. The Bertz CT molecular complexity index is 957. The van der Waals surface area contributed by atoms with Gasteiger partial charge in [0.25, 0.3) is 10.0 Å². The van der Waals surface area contributed by atoms with E-state index in [1.165, 1.54) is 29.7 Å². The highest BCUT2D eigenvalue weighted by molar-refractivity contribution is 14.0. The molecule has 0 bridgehead atoms. The van der Waals surface area contributed by atoms with E-state index in [0.717, 1.165) is 21.8 Å². The van der Waals surface area contributed by atoms with Crippen molar-refractivity contribution in [1.29, 1.82) is 0 Å². The third kappa shape index (κ3) is 7.40. The summed E-state index contributed by atoms with van der Waals surface area (Å²) < 4.78 is 31.9. The summed E-state index contributed by atoms with van der Waals surface area (Å²) in [5.74, 6) is 1.49. The third-order valence-corrected chi connectivity index (χ3v) is 7.42. The molecule has 0 spiro atoms. The molecule has 0 atom stereocenters. The Labute approximate surface area is 201 Å². The first-order chi connectivity index (χ1) is 13.6. The number of nitrogens with zero attached hydrogens (tertiary/aromatic N) is 2. The largest absolute Gasteiger partial charge is 0.491 e. The molecular formula is C20H31IN4O3S2. The van der Waals surface area contributed by atoms with Gasteiger partial charge in [-0.1, -0.05) is 12.1 Å². The van der Waals surface area contributed by atoms with Crippen LogP contribution in [0.5, 0.6) is 5.75 Å². The predicted octanol–water partition coefficient (Wildman–Crippen LogP) is 3.58. The Morgan fingerprint density at radius 1 is 1.17 bits per heavy atom. The minimum atomic E-state index is -3.40. The maximum atomic E-state index is 12.2. The standard InChI is InChI=1S/C20H30N4O3S2.HI/c1-14(2)27-18-11-15(3)7-8-16(18)12-22-20(21-4)23-13-17-9-10-19(28-17)29(25,26)24(5)6;/h7-11,14H,12-13H2,1-6H3,(H2,21,22,23);1H. The van der Waals surface area contributed by atoms with Crippen LogP contribution in [-0.4, -0.2) is 45.9 Å². The van der Waals surface area contributed by atoms with Crippen molar-refractivity contribution < 1.29 is 13.2 Å². The molecule has 2 aromatic rings. The Balaban J connectivity index is 0.00000450. The monoisotopic (exact) mass is 566 g/mol. The molecule has 7 nitrogen and oxygen atoms in total. The summed E-state index contributed by atoms with van der Waals surface area (Å²) in [6, 6.07) is 9.58. The SMILES string of the molecule is CN=C(NCc1ccc(S(=O)(=O)N(C)C)s1)NCc1ccc(C)cc1OC(C)C.I. The molecule has 2 rings (SSSR count). The zero-order chi connectivity index (χ0) is 21.6. The molecule has 1 aromatic heterocycles. The van der Waals surface area contributed by atoms with E-state index < -0.39 is 10.0 Å². The van der Waals surface area contributed by atoms with Crippen LogP contribution in [0, 0.1) is 6.92 Å². The summed E-state index contributed by atoms with van der Waals surface area (Å²) in [4.78, 5) is 5.15. The van der Waals surface area contributed by atoms with E-state index in [9.17, 15) is 8.42 Å². The molecule has 0 unspecified atom stereocenters. The van der Waals surface area contributed by atoms with Crippen molar-refractivity contribution >= 4 is 51.3 Å². The van der Waals surface area contributed by atoms with Gasteiger partial charge in [-0.3, -0.25) is 4.99 Å². The number of aliphatic imine (C=N–C) groups is 1. The highest BCUT2D eigenvalue weighted by atomic mass is 127. The lowest BCUT2D eigenvalue weighted by molar-refractivity contribution is 0.239. The van der Waals surface area contributed by atoms with Gasteiger partial charge < -0.3 is 15.4 Å². The first kappa shape index (κ1) is 26.7. The number of nitrogens with one attached hydrogen (secondary N) is 2. The van der Waals surface area contributed by atoms with Gasteiger partial charge in [0.15, 0.2) is 5.96 Å². The summed E-state index contributed by atoms with van der Waals surface area (Å²) >= 11 is 1.25. The van der Waals surface area contributed by atoms with Crippen LogP contribution in [0.4, 0.5) is 0 Å². The van der Waals surface area contributed by atoms with E-state index in [2.05, 4.69) is 21.7 Å². The van der Waals surface area contributed by atoms with Crippen LogP contribution in [0.25, 0.3) is 0 Å². The zero-order valence-corrected chi connectivity index (χ0v) is 22.2. The zero-order valence-electron chi connectivity index (χ0n) is 18.2. The maximum Gasteiger partial charge on any atom is 0.252 e. The second-order valence-electron chi connectivity index (χ2n) is 7.07. The van der Waals surface area contributed by atoms with Gasteiger partial charge in [0.05, 0.1) is 12.6 Å². The van der Waals surface area contributed by atoms with Crippen molar-refractivity contribution in [2.75, 3.05) is 21.1 Å². The summed E-state index contributed by atoms with van der Waals surface area (Å²) in [5, 5.41) is 6.50. The minimum Gasteiger partial charge on any atom is -0.491 e. The van der Waals surface area contributed by atoms with Gasteiger partial charge in [0.2, 0.25) is 0 Å². The van der Waals surface area contributed by atoms with Crippen LogP contribution in [0.1, 0.15) is 29.9 Å². The fourth-order valence-electron chi connectivity index (χ4n) is 2.51. The molecule has 0 aliphatic heterocycles. The molecule has 2 N–H and O–H groups in total. The lowest BCUT2D eigenvalue weighted by atomic mass is 10.1. The number of hydrogen-bond acceptors (Lipinski definition) is 5. The highest BCUT2D eigenvalue weighted by Crippen LogP contribution is 2.24. The molecule has 0 fully saturated rings. The lowest BCUT2D eigenvalue weighted by Crippen LogP contribution is -2.36. The molecule has 168 valence electrons. The number of benzene rings is 1. The maximum absolute atomic E-state index is 12.2. The highest BCUT2D eigenvalue weighted by Gasteiger charge is 2.19. The topological polar surface area (TPSA) is 83.0 Å². The van der Waals surface area contributed by atoms with Gasteiger partial charge in [-0.15, -0.1) is 35.3 Å². The van der Waals surface area contributed by atoms with Gasteiger partial charge in [-0.25, -0.2) is 12.7 Å². The summed E-state index contributed by atoms with van der Waals surface area (Å²) in [5.41, 5.74) is 2.19. The van der Waals surface area contributed by atoms with E-state index in [1.54, 1.807) is 13.1 Å². The number of guanidine groups is 1. The molecule has 10 heteroatoms. The Kier molecular flexibility index (Phi) is 10.5. The second-order valence-corrected chi connectivity index (χ2v) is 10.6. The summed E-state index contributed by atoms with van der Waals surface area (Å²) in [6.45, 7) is 7.09. The smallest absolute Gasteiger partial charge is 0.252 e. The Hall–Kier alpha value is -1.37. The Morgan fingerprint density at radius 2 is 1.83 bits per heavy atom. The van der Waals surface area contributed by atoms with E-state index >= 15 is 0 Å². The lowest BCUT2D eigenvalue weighted by Gasteiger charge is -2.17. The molecule has 0 amide bonds. The van der Waals surface area contributed by atoms with E-state index in [0.29, 0.717) is 23.3 Å². The van der Waals surface area contributed by atoms with Crippen LogP contribution in [0.15, 0.2) is 39.5 Å². The van der Waals surface area contributed by atoms with Crippen LogP contribution < -0.4 is 15.4 Å². The van der Waals surface area contributed by atoms with Crippen molar-refractivity contribution in [3.8, 4) is 5.75 Å². The third-order valence-electron chi connectivity index (χ3n) is 4.06. The molecule has 0 saturated heterocycles. The van der Waals surface area contributed by atoms with E-state index in [-0.39, 0.29) is 30.1 Å². The van der Waals surface area contributed by atoms with Crippen LogP contribution in [-0.2, 0) is 23.1 Å². The van der Waals surface area contributed by atoms with Gasteiger partial charge >= 0.3 is 0 Å². The molecule has 30 heavy (non-hydrogen) atoms. The quantitative estimate of drug-likeness (QED) is 0.290. The average Bonchev–Trinajstić information content (AvgIpc) is 3.12. The fraction of sp³-hybridized carbons (Fsp3) is 0.450. The number of hydrogen-bond donors (Lipinski definition) is 2. The first-order valence-corrected chi connectivity index (χ1v) is 11.6. The molecule has 0 saturated carbocycles. The van der Waals surface area contributed by atoms with Crippen LogP contribution in [0.3, 0.4) is 0 Å². The molecule has 0 aliphatic carbocycles. The van der Waals surface area contributed by atoms with Crippen LogP contribution in [0.2, 0.25) is 0 Å². The van der Waals surface area contributed by atoms with Crippen molar-refractivity contribution in [3.63, 3.8) is 0 Å². The van der Waals surface area contributed by atoms with Crippen molar-refractivity contribution in [1.82, 2.24) is 14.9 Å². The number of sulfonamides is 1. The normalized spacial score (nSPS) is 12.1. The van der Waals surface area contributed by atoms with Gasteiger partial charge in [-0.05, 0) is 44.5 Å². The first-order valence-electron chi connectivity index (χ1n) is 9.35. The molecular weight excluding hydrogens is 535 g/mol. The van der Waals surface area contributed by atoms with Crippen molar-refractivity contribution in [2.24, 2.45) is 4.99 Å². The van der Waals surface area contributed by atoms with Crippen LogP contribution >= 0.6 is 35.3 Å². The second kappa shape index (κ2) is 11.9. The molecule has 1 heterocycles. The summed E-state index contributed by atoms with van der Waals surface area (Å²) in [7, 11) is 1.36. The Morgan fingerprint density at radius 3 is 2.43 bits per heavy atom.